The number of hydrogen-bond acceptors (Lipinski definition) is 7. The lowest BCUT2D eigenvalue weighted by Gasteiger charge is -2.04. The maximum atomic E-state index is 5.45. The number of ether oxygens (including phenoxy) is 1. The van der Waals surface area contributed by atoms with Crippen molar-refractivity contribution < 1.29 is 9.15 Å². The van der Waals surface area contributed by atoms with E-state index in [0.29, 0.717) is 0 Å². The fourth-order valence-corrected chi connectivity index (χ4v) is 4.47. The number of hydrogen-bond donors (Lipinski definition) is 0. The van der Waals surface area contributed by atoms with E-state index in [1.807, 2.05) is 36.4 Å². The van der Waals surface area contributed by atoms with Crippen LogP contribution < -0.4 is 4.74 Å². The summed E-state index contributed by atoms with van der Waals surface area (Å²) in [6.07, 6.45) is 1.65. The Bertz CT molecular complexity index is 1010. The molecule has 0 fully saturated rings. The Balaban J connectivity index is 1.47. The normalized spacial score (nSPS) is 11.0. The van der Waals surface area contributed by atoms with Crippen molar-refractivity contribution >= 4 is 23.1 Å². The first-order chi connectivity index (χ1) is 13.3. The highest BCUT2D eigenvalue weighted by molar-refractivity contribution is 7.98. The van der Waals surface area contributed by atoms with Gasteiger partial charge in [-0.1, -0.05) is 11.8 Å². The molecule has 138 valence electrons. The van der Waals surface area contributed by atoms with Crippen LogP contribution >= 0.6 is 23.1 Å². The van der Waals surface area contributed by atoms with E-state index >= 15 is 0 Å². The first-order valence-electron chi connectivity index (χ1n) is 8.47. The number of benzene rings is 1. The molecule has 0 aliphatic rings. The highest BCUT2D eigenvalue weighted by atomic mass is 32.2. The second kappa shape index (κ2) is 7.98. The Kier molecular flexibility index (Phi) is 5.26. The number of methoxy groups -OCH3 is 1. The monoisotopic (exact) mass is 398 g/mol. The molecule has 0 aliphatic carbocycles. The van der Waals surface area contributed by atoms with Crippen LogP contribution in [0.15, 0.2) is 57.6 Å². The summed E-state index contributed by atoms with van der Waals surface area (Å²) in [5, 5.41) is 12.6. The molecule has 0 bridgehead atoms. The van der Waals surface area contributed by atoms with E-state index in [1.165, 1.54) is 0 Å². The van der Waals surface area contributed by atoms with Crippen molar-refractivity contribution in [1.29, 1.82) is 0 Å². The molecular weight excluding hydrogens is 380 g/mol. The van der Waals surface area contributed by atoms with Crippen molar-refractivity contribution in [3.05, 3.63) is 53.7 Å². The zero-order valence-corrected chi connectivity index (χ0v) is 16.6. The van der Waals surface area contributed by atoms with Crippen LogP contribution in [0, 0.1) is 0 Å². The number of aromatic nitrogens is 4. The SMILES string of the molecule is CCn1c(SCc2csc(-c3ccc(OC)cc3)n2)nnc1-c1ccco1. The van der Waals surface area contributed by atoms with Gasteiger partial charge in [0.15, 0.2) is 16.7 Å². The van der Waals surface area contributed by atoms with E-state index in [1.54, 1.807) is 36.5 Å². The Hall–Kier alpha value is -2.58. The van der Waals surface area contributed by atoms with E-state index in [0.717, 1.165) is 51.1 Å². The fraction of sp³-hybridized carbons (Fsp3) is 0.211. The number of thiazole rings is 1. The second-order valence-corrected chi connectivity index (χ2v) is 7.49. The van der Waals surface area contributed by atoms with Crippen LogP contribution in [0.1, 0.15) is 12.6 Å². The minimum atomic E-state index is 0.728. The van der Waals surface area contributed by atoms with Gasteiger partial charge in [0.25, 0.3) is 0 Å². The molecule has 0 unspecified atom stereocenters. The molecule has 8 heteroatoms. The molecule has 0 radical (unpaired) electrons. The van der Waals surface area contributed by atoms with Gasteiger partial charge in [0.2, 0.25) is 0 Å². The van der Waals surface area contributed by atoms with Crippen molar-refractivity contribution in [2.45, 2.75) is 24.4 Å². The van der Waals surface area contributed by atoms with Gasteiger partial charge < -0.3 is 9.15 Å². The average Bonchev–Trinajstić information content (AvgIpc) is 3.46. The summed E-state index contributed by atoms with van der Waals surface area (Å²) in [5.74, 6) is 3.06. The van der Waals surface area contributed by atoms with E-state index in [2.05, 4.69) is 27.1 Å². The molecule has 27 heavy (non-hydrogen) atoms. The third-order valence-corrected chi connectivity index (χ3v) is 5.95. The van der Waals surface area contributed by atoms with Crippen molar-refractivity contribution in [3.8, 4) is 27.9 Å². The predicted molar refractivity (Wildman–Crippen MR) is 107 cm³/mol. The van der Waals surface area contributed by atoms with Gasteiger partial charge in [-0.2, -0.15) is 0 Å². The summed E-state index contributed by atoms with van der Waals surface area (Å²) >= 11 is 3.27. The molecule has 3 heterocycles. The maximum absolute atomic E-state index is 5.45. The van der Waals surface area contributed by atoms with Gasteiger partial charge in [-0.05, 0) is 43.3 Å². The first-order valence-corrected chi connectivity index (χ1v) is 10.3. The molecule has 0 aliphatic heterocycles. The summed E-state index contributed by atoms with van der Waals surface area (Å²) < 4.78 is 12.7. The molecule has 0 spiro atoms. The van der Waals surface area contributed by atoms with Crippen molar-refractivity contribution in [2.24, 2.45) is 0 Å². The Morgan fingerprint density at radius 2 is 2.04 bits per heavy atom. The topological polar surface area (TPSA) is 66.0 Å². The summed E-state index contributed by atoms with van der Waals surface area (Å²) in [5.41, 5.74) is 2.12. The molecule has 4 rings (SSSR count). The van der Waals surface area contributed by atoms with Crippen molar-refractivity contribution in [1.82, 2.24) is 19.7 Å². The molecule has 0 saturated carbocycles. The van der Waals surface area contributed by atoms with Crippen LogP contribution in [0.3, 0.4) is 0 Å². The van der Waals surface area contributed by atoms with Gasteiger partial charge in [0.05, 0.1) is 19.1 Å². The minimum absolute atomic E-state index is 0.728. The molecular formula is C19H18N4O2S2. The number of thioether (sulfide) groups is 1. The molecule has 1 aromatic carbocycles. The van der Waals surface area contributed by atoms with E-state index in [9.17, 15) is 0 Å². The lowest BCUT2D eigenvalue weighted by Crippen LogP contribution is -1.99. The van der Waals surface area contributed by atoms with Crippen LogP contribution in [0.4, 0.5) is 0 Å². The average molecular weight is 399 g/mol. The van der Waals surface area contributed by atoms with Gasteiger partial charge in [-0.25, -0.2) is 4.98 Å². The highest BCUT2D eigenvalue weighted by Gasteiger charge is 2.15. The van der Waals surface area contributed by atoms with Crippen molar-refractivity contribution in [2.75, 3.05) is 7.11 Å². The van der Waals surface area contributed by atoms with Gasteiger partial charge in [0.1, 0.15) is 10.8 Å². The maximum Gasteiger partial charge on any atom is 0.200 e. The van der Waals surface area contributed by atoms with E-state index in [4.69, 9.17) is 14.1 Å². The van der Waals surface area contributed by atoms with E-state index in [-0.39, 0.29) is 0 Å². The zero-order chi connectivity index (χ0) is 18.6. The van der Waals surface area contributed by atoms with Crippen LogP contribution in [0.25, 0.3) is 22.2 Å². The predicted octanol–water partition coefficient (Wildman–Crippen LogP) is 4.98. The summed E-state index contributed by atoms with van der Waals surface area (Å²) in [6.45, 7) is 2.85. The van der Waals surface area contributed by atoms with E-state index < -0.39 is 0 Å². The van der Waals surface area contributed by atoms with Crippen LogP contribution in [0.2, 0.25) is 0 Å². The van der Waals surface area contributed by atoms with Gasteiger partial charge in [-0.3, -0.25) is 4.57 Å². The third-order valence-electron chi connectivity index (χ3n) is 4.01. The van der Waals surface area contributed by atoms with Gasteiger partial charge in [-0.15, -0.1) is 21.5 Å². The standard InChI is InChI=1S/C19H18N4O2S2/c1-3-23-17(16-5-4-10-25-16)21-22-19(23)27-12-14-11-26-18(20-14)13-6-8-15(24-2)9-7-13/h4-11H,3,12H2,1-2H3. The summed E-state index contributed by atoms with van der Waals surface area (Å²) in [4.78, 5) is 4.74. The molecule has 4 aromatic rings. The molecule has 0 N–H and O–H groups in total. The van der Waals surface area contributed by atoms with Crippen LogP contribution in [0.5, 0.6) is 5.75 Å². The fourth-order valence-electron chi connectivity index (χ4n) is 2.65. The quantitative estimate of drug-likeness (QED) is 0.409. The molecule has 6 nitrogen and oxygen atoms in total. The third kappa shape index (κ3) is 3.77. The minimum Gasteiger partial charge on any atom is -0.497 e. The number of furan rings is 1. The Labute approximate surface area is 165 Å². The Morgan fingerprint density at radius 3 is 2.74 bits per heavy atom. The lowest BCUT2D eigenvalue weighted by atomic mass is 10.2. The van der Waals surface area contributed by atoms with Crippen LogP contribution in [-0.2, 0) is 12.3 Å². The molecule has 0 atom stereocenters. The summed E-state index contributed by atoms with van der Waals surface area (Å²) in [7, 11) is 1.67. The number of nitrogens with zero attached hydrogens (tertiary/aromatic N) is 4. The molecule has 0 amide bonds. The van der Waals surface area contributed by atoms with Gasteiger partial charge >= 0.3 is 0 Å². The van der Waals surface area contributed by atoms with Gasteiger partial charge in [0, 0.05) is 23.2 Å². The Morgan fingerprint density at radius 1 is 1.19 bits per heavy atom. The first kappa shape index (κ1) is 17.8. The molecule has 3 aromatic heterocycles. The second-order valence-electron chi connectivity index (χ2n) is 5.69. The zero-order valence-electron chi connectivity index (χ0n) is 15.0. The highest BCUT2D eigenvalue weighted by Crippen LogP contribution is 2.30. The molecule has 0 saturated heterocycles. The van der Waals surface area contributed by atoms with Crippen molar-refractivity contribution in [3.63, 3.8) is 0 Å². The lowest BCUT2D eigenvalue weighted by molar-refractivity contribution is 0.415. The van der Waals surface area contributed by atoms with Crippen LogP contribution in [-0.4, -0.2) is 26.9 Å². The summed E-state index contributed by atoms with van der Waals surface area (Å²) in [6, 6.07) is 11.7. The number of rotatable bonds is 7. The largest absolute Gasteiger partial charge is 0.497 e. The smallest absolute Gasteiger partial charge is 0.200 e.